The molecule has 16 heavy (non-hydrogen) atoms. The Morgan fingerprint density at radius 2 is 1.69 bits per heavy atom. The van der Waals surface area contributed by atoms with Gasteiger partial charge in [0, 0.05) is 25.2 Å². The van der Waals surface area contributed by atoms with E-state index in [4.69, 9.17) is 5.73 Å². The largest absolute Gasteiger partial charge is 0.326 e. The molecule has 0 amide bonds. The van der Waals surface area contributed by atoms with E-state index >= 15 is 0 Å². The standard InChI is InChI=1S/C14H28N2/c1-10-7-11(2)9-16(8-10)12-5-6-14(3,4)13(12)15/h10-13H,5-9,15H2,1-4H3. The Bertz CT molecular complexity index is 239. The lowest BCUT2D eigenvalue weighted by molar-refractivity contribution is 0.0823. The Morgan fingerprint density at radius 1 is 1.12 bits per heavy atom. The minimum Gasteiger partial charge on any atom is -0.326 e. The van der Waals surface area contributed by atoms with Crippen LogP contribution in [0, 0.1) is 17.3 Å². The molecule has 1 aliphatic carbocycles. The average Bonchev–Trinajstić information content (AvgIpc) is 2.40. The van der Waals surface area contributed by atoms with Crippen LogP contribution in [-0.2, 0) is 0 Å². The Hall–Kier alpha value is -0.0800. The van der Waals surface area contributed by atoms with Crippen LogP contribution in [0.1, 0.15) is 47.0 Å². The molecule has 2 nitrogen and oxygen atoms in total. The summed E-state index contributed by atoms with van der Waals surface area (Å²) in [7, 11) is 0. The molecule has 0 radical (unpaired) electrons. The smallest absolute Gasteiger partial charge is 0.0252 e. The molecule has 2 aliphatic rings. The maximum atomic E-state index is 6.44. The van der Waals surface area contributed by atoms with Gasteiger partial charge in [-0.1, -0.05) is 27.7 Å². The molecule has 0 aromatic rings. The van der Waals surface area contributed by atoms with E-state index in [1.165, 1.54) is 32.4 Å². The molecule has 1 saturated heterocycles. The summed E-state index contributed by atoms with van der Waals surface area (Å²) < 4.78 is 0. The molecule has 2 heteroatoms. The molecule has 1 heterocycles. The number of hydrogen-bond donors (Lipinski definition) is 1. The van der Waals surface area contributed by atoms with Gasteiger partial charge in [-0.05, 0) is 36.5 Å². The lowest BCUT2D eigenvalue weighted by atomic mass is 9.85. The summed E-state index contributed by atoms with van der Waals surface area (Å²) in [5.74, 6) is 1.69. The quantitative estimate of drug-likeness (QED) is 0.741. The maximum Gasteiger partial charge on any atom is 0.0252 e. The first kappa shape index (κ1) is 12.4. The molecule has 0 bridgehead atoms. The van der Waals surface area contributed by atoms with E-state index in [2.05, 4.69) is 32.6 Å². The van der Waals surface area contributed by atoms with Crippen molar-refractivity contribution in [2.45, 2.75) is 59.0 Å². The zero-order valence-corrected chi connectivity index (χ0v) is 11.4. The Kier molecular flexibility index (Phi) is 3.33. The molecule has 94 valence electrons. The van der Waals surface area contributed by atoms with Gasteiger partial charge in [0.2, 0.25) is 0 Å². The van der Waals surface area contributed by atoms with Gasteiger partial charge in [0.1, 0.15) is 0 Å². The van der Waals surface area contributed by atoms with Gasteiger partial charge in [0.15, 0.2) is 0 Å². The Labute approximate surface area is 101 Å². The van der Waals surface area contributed by atoms with Crippen molar-refractivity contribution in [2.24, 2.45) is 23.0 Å². The SMILES string of the molecule is CC1CC(C)CN(C2CCC(C)(C)C2N)C1. The summed E-state index contributed by atoms with van der Waals surface area (Å²) in [4.78, 5) is 2.68. The number of rotatable bonds is 1. The minimum atomic E-state index is 0.342. The first-order valence-corrected chi connectivity index (χ1v) is 6.90. The molecule has 1 saturated carbocycles. The summed E-state index contributed by atoms with van der Waals surface area (Å²) in [6.45, 7) is 11.9. The third kappa shape index (κ3) is 2.28. The number of hydrogen-bond acceptors (Lipinski definition) is 2. The molecule has 0 spiro atoms. The van der Waals surface area contributed by atoms with E-state index in [-0.39, 0.29) is 0 Å². The number of likely N-dealkylation sites (tertiary alicyclic amines) is 1. The second-order valence-corrected chi connectivity index (χ2v) is 7.02. The summed E-state index contributed by atoms with van der Waals surface area (Å²) in [6.07, 6.45) is 3.98. The lowest BCUT2D eigenvalue weighted by Crippen LogP contribution is -2.53. The van der Waals surface area contributed by atoms with E-state index in [0.29, 0.717) is 17.5 Å². The van der Waals surface area contributed by atoms with E-state index < -0.39 is 0 Å². The van der Waals surface area contributed by atoms with Crippen LogP contribution in [0.3, 0.4) is 0 Å². The molecule has 1 aliphatic heterocycles. The number of nitrogens with two attached hydrogens (primary N) is 1. The number of piperidine rings is 1. The van der Waals surface area contributed by atoms with Crippen molar-refractivity contribution >= 4 is 0 Å². The van der Waals surface area contributed by atoms with Crippen LogP contribution < -0.4 is 5.73 Å². The predicted octanol–water partition coefficient (Wildman–Crippen LogP) is 2.48. The Morgan fingerprint density at radius 3 is 2.12 bits per heavy atom. The van der Waals surface area contributed by atoms with Gasteiger partial charge >= 0.3 is 0 Å². The van der Waals surface area contributed by atoms with Gasteiger partial charge in [0.25, 0.3) is 0 Å². The summed E-state index contributed by atoms with van der Waals surface area (Å²) in [6, 6.07) is 1.00. The molecule has 4 atom stereocenters. The predicted molar refractivity (Wildman–Crippen MR) is 69.3 cm³/mol. The Balaban J connectivity index is 2.03. The van der Waals surface area contributed by atoms with Gasteiger partial charge in [-0.2, -0.15) is 0 Å². The first-order chi connectivity index (χ1) is 7.40. The van der Waals surface area contributed by atoms with Gasteiger partial charge < -0.3 is 5.73 Å². The van der Waals surface area contributed by atoms with Crippen LogP contribution in [0.4, 0.5) is 0 Å². The van der Waals surface area contributed by atoms with E-state index in [1.54, 1.807) is 0 Å². The fourth-order valence-electron chi connectivity index (χ4n) is 3.78. The molecular formula is C14H28N2. The second kappa shape index (κ2) is 4.30. The van der Waals surface area contributed by atoms with Gasteiger partial charge in [-0.3, -0.25) is 4.90 Å². The molecule has 0 aromatic carbocycles. The van der Waals surface area contributed by atoms with Crippen molar-refractivity contribution in [3.05, 3.63) is 0 Å². The second-order valence-electron chi connectivity index (χ2n) is 7.02. The molecule has 2 N–H and O–H groups in total. The van der Waals surface area contributed by atoms with Crippen molar-refractivity contribution < 1.29 is 0 Å². The molecule has 2 rings (SSSR count). The van der Waals surface area contributed by atoms with Crippen LogP contribution in [0.5, 0.6) is 0 Å². The third-order valence-corrected chi connectivity index (χ3v) is 4.77. The third-order valence-electron chi connectivity index (χ3n) is 4.77. The van der Waals surface area contributed by atoms with Gasteiger partial charge in [-0.15, -0.1) is 0 Å². The topological polar surface area (TPSA) is 29.3 Å². The fourth-order valence-corrected chi connectivity index (χ4v) is 3.78. The first-order valence-electron chi connectivity index (χ1n) is 6.90. The molecular weight excluding hydrogens is 196 g/mol. The number of nitrogens with zero attached hydrogens (tertiary/aromatic N) is 1. The van der Waals surface area contributed by atoms with Crippen LogP contribution in [0.15, 0.2) is 0 Å². The molecule has 2 fully saturated rings. The minimum absolute atomic E-state index is 0.342. The highest BCUT2D eigenvalue weighted by Crippen LogP contribution is 2.40. The zero-order valence-electron chi connectivity index (χ0n) is 11.4. The van der Waals surface area contributed by atoms with Crippen LogP contribution in [0.25, 0.3) is 0 Å². The summed E-state index contributed by atoms with van der Waals surface area (Å²) >= 11 is 0. The van der Waals surface area contributed by atoms with Crippen LogP contribution >= 0.6 is 0 Å². The van der Waals surface area contributed by atoms with Crippen molar-refractivity contribution in [1.82, 2.24) is 4.90 Å². The molecule has 4 unspecified atom stereocenters. The maximum absolute atomic E-state index is 6.44. The average molecular weight is 224 g/mol. The van der Waals surface area contributed by atoms with E-state index in [1.807, 2.05) is 0 Å². The van der Waals surface area contributed by atoms with Crippen molar-refractivity contribution in [2.75, 3.05) is 13.1 Å². The van der Waals surface area contributed by atoms with Crippen LogP contribution in [-0.4, -0.2) is 30.1 Å². The fraction of sp³-hybridized carbons (Fsp3) is 1.00. The van der Waals surface area contributed by atoms with E-state index in [0.717, 1.165) is 11.8 Å². The highest BCUT2D eigenvalue weighted by atomic mass is 15.2. The lowest BCUT2D eigenvalue weighted by Gasteiger charge is -2.41. The van der Waals surface area contributed by atoms with Crippen molar-refractivity contribution in [3.8, 4) is 0 Å². The van der Waals surface area contributed by atoms with Crippen molar-refractivity contribution in [1.29, 1.82) is 0 Å². The summed E-state index contributed by atoms with van der Waals surface area (Å²) in [5.41, 5.74) is 6.78. The summed E-state index contributed by atoms with van der Waals surface area (Å²) in [5, 5.41) is 0. The monoisotopic (exact) mass is 224 g/mol. The zero-order chi connectivity index (χ0) is 11.9. The van der Waals surface area contributed by atoms with Gasteiger partial charge in [-0.25, -0.2) is 0 Å². The normalized spacial score (nSPS) is 44.8. The van der Waals surface area contributed by atoms with E-state index in [9.17, 15) is 0 Å². The van der Waals surface area contributed by atoms with Crippen LogP contribution in [0.2, 0.25) is 0 Å². The van der Waals surface area contributed by atoms with Crippen molar-refractivity contribution in [3.63, 3.8) is 0 Å². The highest BCUT2D eigenvalue weighted by Gasteiger charge is 2.43. The highest BCUT2D eigenvalue weighted by molar-refractivity contribution is 5.00. The van der Waals surface area contributed by atoms with Gasteiger partial charge in [0.05, 0.1) is 0 Å². The molecule has 0 aromatic heterocycles.